The van der Waals surface area contributed by atoms with E-state index in [0.717, 1.165) is 17.7 Å². The lowest BCUT2D eigenvalue weighted by molar-refractivity contribution is 0.102. The summed E-state index contributed by atoms with van der Waals surface area (Å²) in [6.45, 7) is 4.44. The number of amides is 1. The molecule has 4 rings (SSSR count). The maximum absolute atomic E-state index is 13.1. The Morgan fingerprint density at radius 1 is 1.06 bits per heavy atom. The van der Waals surface area contributed by atoms with Crippen molar-refractivity contribution in [3.63, 3.8) is 0 Å². The number of carbonyl (C=O) groups excluding carboxylic acids is 1. The van der Waals surface area contributed by atoms with Gasteiger partial charge in [0.25, 0.3) is 15.9 Å². The van der Waals surface area contributed by atoms with Crippen molar-refractivity contribution in [3.8, 4) is 5.75 Å². The van der Waals surface area contributed by atoms with E-state index in [-0.39, 0.29) is 16.9 Å². The first-order chi connectivity index (χ1) is 15.4. The van der Waals surface area contributed by atoms with Crippen LogP contribution < -0.4 is 14.4 Å². The van der Waals surface area contributed by atoms with Crippen LogP contribution in [0.2, 0.25) is 0 Å². The molecule has 0 radical (unpaired) electrons. The Hall–Kier alpha value is -3.32. The third-order valence-electron chi connectivity index (χ3n) is 5.55. The zero-order chi connectivity index (χ0) is 22.7. The average Bonchev–Trinajstić information content (AvgIpc) is 3.24. The lowest BCUT2D eigenvalue weighted by Gasteiger charge is -2.19. The molecule has 0 aromatic heterocycles. The molecule has 3 aromatic carbocycles. The number of nitrogens with zero attached hydrogens (tertiary/aromatic N) is 1. The van der Waals surface area contributed by atoms with Crippen LogP contribution in [-0.4, -0.2) is 27.0 Å². The molecule has 1 aliphatic heterocycles. The summed E-state index contributed by atoms with van der Waals surface area (Å²) >= 11 is 0. The molecule has 0 saturated heterocycles. The molecular weight excluding hydrogens is 424 g/mol. The van der Waals surface area contributed by atoms with Crippen molar-refractivity contribution in [3.05, 3.63) is 83.9 Å². The van der Waals surface area contributed by atoms with Crippen molar-refractivity contribution in [1.82, 2.24) is 0 Å². The number of sulfonamides is 1. The van der Waals surface area contributed by atoms with Crippen LogP contribution in [0.5, 0.6) is 5.75 Å². The minimum absolute atomic E-state index is 0.0605. The molecule has 1 aliphatic rings. The molecule has 6 nitrogen and oxygen atoms in total. The average molecular weight is 451 g/mol. The molecule has 1 N–H and O–H groups in total. The van der Waals surface area contributed by atoms with Crippen molar-refractivity contribution in [2.24, 2.45) is 0 Å². The van der Waals surface area contributed by atoms with Crippen molar-refractivity contribution < 1.29 is 17.9 Å². The predicted molar refractivity (Wildman–Crippen MR) is 126 cm³/mol. The topological polar surface area (TPSA) is 75.7 Å². The smallest absolute Gasteiger partial charge is 0.264 e. The van der Waals surface area contributed by atoms with E-state index in [9.17, 15) is 13.2 Å². The number of fused-ring (bicyclic) bond motifs is 1. The normalized spacial score (nSPS) is 14.0. The highest BCUT2D eigenvalue weighted by Gasteiger charge is 2.30. The van der Waals surface area contributed by atoms with Gasteiger partial charge in [-0.2, -0.15) is 0 Å². The van der Waals surface area contributed by atoms with E-state index in [1.165, 1.54) is 16.4 Å². The Kier molecular flexibility index (Phi) is 6.19. The number of nitrogens with one attached hydrogen (secondary N) is 1. The highest BCUT2D eigenvalue weighted by molar-refractivity contribution is 7.92. The molecule has 0 aliphatic carbocycles. The molecule has 0 spiro atoms. The Labute approximate surface area is 188 Å². The maximum Gasteiger partial charge on any atom is 0.264 e. The first-order valence-electron chi connectivity index (χ1n) is 10.7. The molecule has 1 atom stereocenters. The molecule has 32 heavy (non-hydrogen) atoms. The molecule has 1 unspecified atom stereocenters. The fourth-order valence-electron chi connectivity index (χ4n) is 3.62. The molecule has 1 amide bonds. The molecular formula is C25H26N2O4S. The standard InChI is InChI=1S/C25H26N2O4S/c1-3-18(2)31-22-9-6-8-20(17-22)25(28)26-21-11-13-23(14-12-21)32(29,30)27-16-15-19-7-4-5-10-24(19)27/h4-14,17-18H,3,15-16H2,1-2H3,(H,26,28). The number of ether oxygens (including phenoxy) is 1. The molecule has 3 aromatic rings. The van der Waals surface area contributed by atoms with Gasteiger partial charge in [0.05, 0.1) is 16.7 Å². The second-order valence-corrected chi connectivity index (χ2v) is 9.66. The van der Waals surface area contributed by atoms with Gasteiger partial charge in [0, 0.05) is 17.8 Å². The van der Waals surface area contributed by atoms with Gasteiger partial charge in [0.15, 0.2) is 0 Å². The Bertz CT molecular complexity index is 1220. The quantitative estimate of drug-likeness (QED) is 0.557. The van der Waals surface area contributed by atoms with Crippen LogP contribution in [0.1, 0.15) is 36.2 Å². The number of benzene rings is 3. The van der Waals surface area contributed by atoms with Crippen LogP contribution in [0.3, 0.4) is 0 Å². The van der Waals surface area contributed by atoms with E-state index in [2.05, 4.69) is 5.32 Å². The second-order valence-electron chi connectivity index (χ2n) is 7.80. The third kappa shape index (κ3) is 4.48. The number of hydrogen-bond donors (Lipinski definition) is 1. The van der Waals surface area contributed by atoms with Crippen LogP contribution in [0.15, 0.2) is 77.7 Å². The van der Waals surface area contributed by atoms with Crippen LogP contribution in [0, 0.1) is 0 Å². The molecule has 166 valence electrons. The monoisotopic (exact) mass is 450 g/mol. The van der Waals surface area contributed by atoms with Crippen molar-refractivity contribution in [2.75, 3.05) is 16.2 Å². The number of para-hydroxylation sites is 1. The second kappa shape index (κ2) is 9.04. The summed E-state index contributed by atoms with van der Waals surface area (Å²) in [4.78, 5) is 12.8. The van der Waals surface area contributed by atoms with Crippen LogP contribution >= 0.6 is 0 Å². The van der Waals surface area contributed by atoms with Crippen LogP contribution in [-0.2, 0) is 16.4 Å². The minimum atomic E-state index is -3.67. The van der Waals surface area contributed by atoms with Gasteiger partial charge in [-0.25, -0.2) is 8.42 Å². The summed E-state index contributed by atoms with van der Waals surface area (Å²) in [6.07, 6.45) is 1.63. The van der Waals surface area contributed by atoms with Gasteiger partial charge in [0.2, 0.25) is 0 Å². The van der Waals surface area contributed by atoms with Gasteiger partial charge in [-0.3, -0.25) is 9.10 Å². The van der Waals surface area contributed by atoms with Gasteiger partial charge < -0.3 is 10.1 Å². The van der Waals surface area contributed by atoms with Crippen molar-refractivity contribution in [2.45, 2.75) is 37.7 Å². The summed E-state index contributed by atoms with van der Waals surface area (Å²) in [7, 11) is -3.67. The molecule has 7 heteroatoms. The summed E-state index contributed by atoms with van der Waals surface area (Å²) in [5, 5.41) is 2.81. The van der Waals surface area contributed by atoms with Crippen molar-refractivity contribution in [1.29, 1.82) is 0 Å². The molecule has 1 heterocycles. The highest BCUT2D eigenvalue weighted by Crippen LogP contribution is 2.32. The van der Waals surface area contributed by atoms with E-state index in [1.54, 1.807) is 30.3 Å². The summed E-state index contributed by atoms with van der Waals surface area (Å²) in [5.74, 6) is 0.350. The summed E-state index contributed by atoms with van der Waals surface area (Å²) in [5.41, 5.74) is 2.74. The highest BCUT2D eigenvalue weighted by atomic mass is 32.2. The predicted octanol–water partition coefficient (Wildman–Crippen LogP) is 4.87. The SMILES string of the molecule is CCC(C)Oc1cccc(C(=O)Nc2ccc(S(=O)(=O)N3CCc4ccccc43)cc2)c1. The molecule has 0 saturated carbocycles. The van der Waals surface area contributed by atoms with Crippen molar-refractivity contribution >= 4 is 27.3 Å². The fraction of sp³-hybridized carbons (Fsp3) is 0.240. The lowest BCUT2D eigenvalue weighted by atomic mass is 10.2. The summed E-state index contributed by atoms with van der Waals surface area (Å²) < 4.78 is 33.5. The van der Waals surface area contributed by atoms with E-state index in [1.807, 2.05) is 44.2 Å². The molecule has 0 bridgehead atoms. The van der Waals surface area contributed by atoms with Gasteiger partial charge in [-0.15, -0.1) is 0 Å². The number of hydrogen-bond acceptors (Lipinski definition) is 4. The minimum Gasteiger partial charge on any atom is -0.491 e. The summed E-state index contributed by atoms with van der Waals surface area (Å²) in [6, 6.07) is 20.8. The van der Waals surface area contributed by atoms with Crippen LogP contribution in [0.4, 0.5) is 11.4 Å². The molecule has 0 fully saturated rings. The third-order valence-corrected chi connectivity index (χ3v) is 7.38. The number of rotatable bonds is 7. The number of carbonyl (C=O) groups is 1. The first-order valence-corrected chi connectivity index (χ1v) is 12.1. The zero-order valence-electron chi connectivity index (χ0n) is 18.1. The van der Waals surface area contributed by atoms with Gasteiger partial charge >= 0.3 is 0 Å². The van der Waals surface area contributed by atoms with Crippen LogP contribution in [0.25, 0.3) is 0 Å². The first kappa shape index (κ1) is 21.9. The van der Waals surface area contributed by atoms with E-state index in [0.29, 0.717) is 30.0 Å². The largest absolute Gasteiger partial charge is 0.491 e. The van der Waals surface area contributed by atoms with Gasteiger partial charge in [0.1, 0.15) is 5.75 Å². The van der Waals surface area contributed by atoms with E-state index >= 15 is 0 Å². The lowest BCUT2D eigenvalue weighted by Crippen LogP contribution is -2.29. The number of anilines is 2. The fourth-order valence-corrected chi connectivity index (χ4v) is 5.13. The Morgan fingerprint density at radius 2 is 1.81 bits per heavy atom. The van der Waals surface area contributed by atoms with Gasteiger partial charge in [-0.1, -0.05) is 31.2 Å². The van der Waals surface area contributed by atoms with E-state index in [4.69, 9.17) is 4.74 Å². The van der Waals surface area contributed by atoms with Gasteiger partial charge in [-0.05, 0) is 73.9 Å². The Morgan fingerprint density at radius 3 is 2.56 bits per heavy atom. The van der Waals surface area contributed by atoms with E-state index < -0.39 is 10.0 Å². The Balaban J connectivity index is 1.48. The zero-order valence-corrected chi connectivity index (χ0v) is 18.9. The maximum atomic E-state index is 13.1.